The van der Waals surface area contributed by atoms with E-state index in [4.69, 9.17) is 0 Å². The fraction of sp³-hybridized carbons (Fsp3) is 0. The summed E-state index contributed by atoms with van der Waals surface area (Å²) < 4.78 is 0. The summed E-state index contributed by atoms with van der Waals surface area (Å²) in [5.41, 5.74) is 0. The number of benzene rings is 1. The van der Waals surface area contributed by atoms with Crippen molar-refractivity contribution in [3.63, 3.8) is 0 Å². The lowest BCUT2D eigenvalue weighted by Crippen LogP contribution is -1.47. The highest BCUT2D eigenvalue weighted by Gasteiger charge is 1.57. The van der Waals surface area contributed by atoms with Gasteiger partial charge in [-0.25, -0.2) is 0 Å². The van der Waals surface area contributed by atoms with Crippen molar-refractivity contribution < 1.29 is 0 Å². The zero-order valence-electron chi connectivity index (χ0n) is 3.46. The average molecular weight is 80.1 g/mol. The second-order valence-corrected chi connectivity index (χ2v) is 1.15. The van der Waals surface area contributed by atoms with Gasteiger partial charge in [0.15, 0.2) is 0 Å². The molecule has 0 aromatic heterocycles. The van der Waals surface area contributed by atoms with E-state index in [9.17, 15) is 0 Å². The van der Waals surface area contributed by atoms with Gasteiger partial charge in [-0.15, -0.1) is 0 Å². The highest BCUT2D eigenvalue weighted by molar-refractivity contribution is 4.99. The van der Waals surface area contributed by atoms with Crippen LogP contribution in [0, 0.1) is 0 Å². The zero-order valence-corrected chi connectivity index (χ0v) is 3.46. The Balaban J connectivity index is 3.00. The van der Waals surface area contributed by atoms with Crippen LogP contribution in [0.15, 0.2) is 36.4 Å². The van der Waals surface area contributed by atoms with Gasteiger partial charge >= 0.3 is 0 Å². The zero-order chi connectivity index (χ0) is 4.24. The minimum atomic E-state index is 2.00. The molecule has 0 atom stereocenters. The SMILES string of the molecule is c1c[13cH]c[13cH]c1. The van der Waals surface area contributed by atoms with Gasteiger partial charge in [0.1, 0.15) is 0 Å². The summed E-state index contributed by atoms with van der Waals surface area (Å²) >= 11 is 0. The molecule has 0 radical (unpaired) electrons. The monoisotopic (exact) mass is 80.1 g/mol. The van der Waals surface area contributed by atoms with E-state index >= 15 is 0 Å². The van der Waals surface area contributed by atoms with Gasteiger partial charge in [-0.2, -0.15) is 0 Å². The summed E-state index contributed by atoms with van der Waals surface area (Å²) in [5, 5.41) is 0. The first-order valence-electron chi connectivity index (χ1n) is 2.00. The van der Waals surface area contributed by atoms with Crippen LogP contribution in [0.5, 0.6) is 0 Å². The second kappa shape index (κ2) is 1.61. The Bertz CT molecular complexity index is 72.0. The largest absolute Gasteiger partial charge is 0.0623 e. The van der Waals surface area contributed by atoms with Crippen LogP contribution in [-0.4, -0.2) is 0 Å². The van der Waals surface area contributed by atoms with Crippen molar-refractivity contribution in [2.75, 3.05) is 0 Å². The topological polar surface area (TPSA) is 0 Å². The van der Waals surface area contributed by atoms with Crippen molar-refractivity contribution in [3.8, 4) is 0 Å². The first-order valence-corrected chi connectivity index (χ1v) is 2.00. The summed E-state index contributed by atoms with van der Waals surface area (Å²) in [6.07, 6.45) is 0. The lowest BCUT2D eigenvalue weighted by molar-refractivity contribution is 1.72. The molecule has 0 unspecified atom stereocenters. The molecule has 0 bridgehead atoms. The molecule has 0 N–H and O–H groups in total. The van der Waals surface area contributed by atoms with E-state index in [2.05, 4.69) is 0 Å². The highest BCUT2D eigenvalue weighted by Crippen LogP contribution is 1.79. The van der Waals surface area contributed by atoms with Crippen LogP contribution < -0.4 is 0 Å². The molecule has 0 spiro atoms. The standard InChI is InChI=1S/C6H6/c1-2-4-6-5-3-1/h1-6H/i1+1,4+1. The van der Waals surface area contributed by atoms with Gasteiger partial charge < -0.3 is 0 Å². The average Bonchev–Trinajstić information content (AvgIpc) is 1.72. The summed E-state index contributed by atoms with van der Waals surface area (Å²) in [5.74, 6) is 0. The molecule has 1 aromatic carbocycles. The molecule has 0 fully saturated rings. The van der Waals surface area contributed by atoms with Gasteiger partial charge in [-0.3, -0.25) is 0 Å². The van der Waals surface area contributed by atoms with E-state index in [-0.39, 0.29) is 0 Å². The van der Waals surface area contributed by atoms with Crippen molar-refractivity contribution in [2.24, 2.45) is 0 Å². The van der Waals surface area contributed by atoms with Crippen LogP contribution >= 0.6 is 0 Å². The Morgan fingerprint density at radius 3 is 0.667 bits per heavy atom. The Labute approximate surface area is 37.4 Å². The lowest BCUT2D eigenvalue weighted by Gasteiger charge is -1.69. The predicted molar refractivity (Wildman–Crippen MR) is 26.4 cm³/mol. The molecule has 0 amide bonds. The normalized spacial score (nSPS) is 8.00. The smallest absolute Gasteiger partial charge is 0.0623 e. The van der Waals surface area contributed by atoms with Crippen LogP contribution in [0.25, 0.3) is 0 Å². The molecule has 0 aliphatic heterocycles. The van der Waals surface area contributed by atoms with Gasteiger partial charge in [0.25, 0.3) is 0 Å². The summed E-state index contributed by atoms with van der Waals surface area (Å²) in [6, 6.07) is 12.0. The van der Waals surface area contributed by atoms with Crippen molar-refractivity contribution in [1.29, 1.82) is 0 Å². The van der Waals surface area contributed by atoms with Crippen molar-refractivity contribution >= 4 is 0 Å². The minimum Gasteiger partial charge on any atom is -0.0623 e. The molecule has 30 valence electrons. The Hall–Kier alpha value is -0.780. The van der Waals surface area contributed by atoms with Crippen LogP contribution in [-0.2, 0) is 0 Å². The fourth-order valence-corrected chi connectivity index (χ4v) is 0.385. The Kier molecular flexibility index (Phi) is 0.913. The Morgan fingerprint density at radius 1 is 0.333 bits per heavy atom. The molecule has 1 rings (SSSR count). The molecular formula is C6H6. The molecule has 0 aliphatic carbocycles. The second-order valence-electron chi connectivity index (χ2n) is 1.15. The maximum Gasteiger partial charge on any atom is -0.0623 e. The minimum absolute atomic E-state index is 2.00. The lowest BCUT2D eigenvalue weighted by atomic mass is 10.6. The molecule has 0 heterocycles. The third kappa shape index (κ3) is 0.582. The molecule has 1 aromatic rings. The fourth-order valence-electron chi connectivity index (χ4n) is 0.385. The molecule has 0 heteroatoms. The van der Waals surface area contributed by atoms with Gasteiger partial charge in [-0.05, 0) is 0 Å². The van der Waals surface area contributed by atoms with Gasteiger partial charge in [0.2, 0.25) is 0 Å². The first-order chi connectivity index (χ1) is 3.00. The van der Waals surface area contributed by atoms with Crippen molar-refractivity contribution in [3.05, 3.63) is 36.4 Å². The van der Waals surface area contributed by atoms with Crippen molar-refractivity contribution in [1.82, 2.24) is 0 Å². The van der Waals surface area contributed by atoms with Gasteiger partial charge in [-0.1, -0.05) is 36.4 Å². The predicted octanol–water partition coefficient (Wildman–Crippen LogP) is 1.69. The summed E-state index contributed by atoms with van der Waals surface area (Å²) in [7, 11) is 0. The number of rotatable bonds is 0. The molecule has 0 saturated carbocycles. The van der Waals surface area contributed by atoms with E-state index in [1.807, 2.05) is 36.4 Å². The van der Waals surface area contributed by atoms with Crippen LogP contribution in [0.4, 0.5) is 0 Å². The van der Waals surface area contributed by atoms with Crippen LogP contribution in [0.2, 0.25) is 0 Å². The third-order valence-electron chi connectivity index (χ3n) is 0.667. The maximum absolute atomic E-state index is 2.00. The van der Waals surface area contributed by atoms with Crippen LogP contribution in [0.3, 0.4) is 0 Å². The maximum atomic E-state index is 2.00. The van der Waals surface area contributed by atoms with Crippen molar-refractivity contribution in [2.45, 2.75) is 0 Å². The number of hydrogen-bond donors (Lipinski definition) is 0. The number of hydrogen-bond acceptors (Lipinski definition) is 0. The van der Waals surface area contributed by atoms with E-state index in [0.29, 0.717) is 0 Å². The van der Waals surface area contributed by atoms with E-state index < -0.39 is 0 Å². The molecular weight excluding hydrogens is 74.1 g/mol. The van der Waals surface area contributed by atoms with Gasteiger partial charge in [0.05, 0.1) is 0 Å². The summed E-state index contributed by atoms with van der Waals surface area (Å²) in [4.78, 5) is 0. The molecule has 0 saturated heterocycles. The van der Waals surface area contributed by atoms with E-state index in [0.717, 1.165) is 0 Å². The van der Waals surface area contributed by atoms with Crippen LogP contribution in [0.1, 0.15) is 0 Å². The molecule has 0 nitrogen and oxygen atoms in total. The third-order valence-corrected chi connectivity index (χ3v) is 0.667. The highest BCUT2D eigenvalue weighted by atomic mass is 14.1. The molecule has 0 aliphatic rings. The molecule has 6 heavy (non-hydrogen) atoms. The van der Waals surface area contributed by atoms with Gasteiger partial charge in [0, 0.05) is 0 Å². The Morgan fingerprint density at radius 2 is 0.500 bits per heavy atom. The summed E-state index contributed by atoms with van der Waals surface area (Å²) in [6.45, 7) is 0. The quantitative estimate of drug-likeness (QED) is 0.444. The van der Waals surface area contributed by atoms with E-state index in [1.165, 1.54) is 0 Å². The first kappa shape index (κ1) is 3.41. The van der Waals surface area contributed by atoms with E-state index in [1.54, 1.807) is 0 Å².